The molecule has 1 heterocycles. The minimum Gasteiger partial charge on any atom is -0.469 e. The molecule has 0 aliphatic carbocycles. The summed E-state index contributed by atoms with van der Waals surface area (Å²) in [5.41, 5.74) is 7.19. The van der Waals surface area contributed by atoms with Gasteiger partial charge in [-0.05, 0) is 18.2 Å². The van der Waals surface area contributed by atoms with E-state index in [1.807, 2.05) is 12.1 Å². The number of hydrogen-bond donors (Lipinski definition) is 1. The van der Waals surface area contributed by atoms with Gasteiger partial charge in [0.15, 0.2) is 0 Å². The Bertz CT molecular complexity index is 574. The summed E-state index contributed by atoms with van der Waals surface area (Å²) in [5.74, 6) is 0.411. The molecule has 0 saturated heterocycles. The third kappa shape index (κ3) is 2.89. The largest absolute Gasteiger partial charge is 0.469 e. The molecule has 0 saturated carbocycles. The van der Waals surface area contributed by atoms with Gasteiger partial charge in [-0.25, -0.2) is 9.97 Å². The Kier molecular flexibility index (Phi) is 3.99. The number of carbonyl (C=O) groups excluding carboxylic acids is 1. The molecule has 0 aliphatic rings. The number of nitrogens with zero attached hydrogens (tertiary/aromatic N) is 2. The van der Waals surface area contributed by atoms with E-state index in [4.69, 9.17) is 5.73 Å². The van der Waals surface area contributed by atoms with E-state index >= 15 is 0 Å². The number of benzene rings is 1. The van der Waals surface area contributed by atoms with Gasteiger partial charge in [0.25, 0.3) is 0 Å². The third-order valence-corrected chi connectivity index (χ3v) is 3.40. The number of fused-ring (bicyclic) bond motifs is 1. The van der Waals surface area contributed by atoms with Gasteiger partial charge in [-0.2, -0.15) is 0 Å². The fourth-order valence-electron chi connectivity index (χ4n) is 1.50. The zero-order chi connectivity index (χ0) is 13.0. The summed E-state index contributed by atoms with van der Waals surface area (Å²) in [6, 6.07) is 5.52. The van der Waals surface area contributed by atoms with Crippen molar-refractivity contribution in [3.63, 3.8) is 0 Å². The average Bonchev–Trinajstić information content (AvgIpc) is 2.38. The van der Waals surface area contributed by atoms with Gasteiger partial charge < -0.3 is 10.5 Å². The lowest BCUT2D eigenvalue weighted by atomic mass is 10.2. The minimum atomic E-state index is -0.217. The van der Waals surface area contributed by atoms with Crippen molar-refractivity contribution in [2.45, 2.75) is 11.4 Å². The number of methoxy groups -OCH3 is 1. The van der Waals surface area contributed by atoms with Crippen molar-refractivity contribution in [1.29, 1.82) is 0 Å². The van der Waals surface area contributed by atoms with Crippen LogP contribution in [0.4, 0.5) is 5.69 Å². The van der Waals surface area contributed by atoms with Crippen molar-refractivity contribution in [1.82, 2.24) is 9.97 Å². The summed E-state index contributed by atoms with van der Waals surface area (Å²) in [7, 11) is 1.38. The maximum absolute atomic E-state index is 11.0. The minimum absolute atomic E-state index is 0.217. The van der Waals surface area contributed by atoms with E-state index in [-0.39, 0.29) is 5.97 Å². The van der Waals surface area contributed by atoms with E-state index in [1.54, 1.807) is 6.07 Å². The molecule has 0 amide bonds. The molecule has 0 aliphatic heterocycles. The van der Waals surface area contributed by atoms with Crippen molar-refractivity contribution in [2.75, 3.05) is 18.6 Å². The summed E-state index contributed by atoms with van der Waals surface area (Å²) in [6.45, 7) is 0. The lowest BCUT2D eigenvalue weighted by molar-refractivity contribution is -0.140. The van der Waals surface area contributed by atoms with Crippen LogP contribution in [0.3, 0.4) is 0 Å². The van der Waals surface area contributed by atoms with Crippen LogP contribution >= 0.6 is 11.8 Å². The van der Waals surface area contributed by atoms with E-state index in [9.17, 15) is 4.79 Å². The number of hydrogen-bond acceptors (Lipinski definition) is 6. The van der Waals surface area contributed by atoms with E-state index < -0.39 is 0 Å². The van der Waals surface area contributed by atoms with Gasteiger partial charge in [0.1, 0.15) is 11.4 Å². The zero-order valence-corrected chi connectivity index (χ0v) is 10.7. The molecule has 1 aromatic carbocycles. The Morgan fingerprint density at radius 2 is 2.28 bits per heavy atom. The number of rotatable bonds is 4. The van der Waals surface area contributed by atoms with Crippen LogP contribution in [-0.2, 0) is 9.53 Å². The third-order valence-electron chi connectivity index (χ3n) is 2.40. The van der Waals surface area contributed by atoms with Crippen molar-refractivity contribution >= 4 is 34.3 Å². The van der Waals surface area contributed by atoms with Crippen molar-refractivity contribution in [2.24, 2.45) is 0 Å². The van der Waals surface area contributed by atoms with E-state index in [0.717, 1.165) is 15.9 Å². The number of anilines is 1. The smallest absolute Gasteiger partial charge is 0.306 e. The first-order valence-electron chi connectivity index (χ1n) is 5.40. The Hall–Kier alpha value is -1.82. The molecular weight excluding hydrogens is 250 g/mol. The van der Waals surface area contributed by atoms with Crippen LogP contribution in [0, 0.1) is 0 Å². The van der Waals surface area contributed by atoms with E-state index in [2.05, 4.69) is 14.7 Å². The number of esters is 1. The molecule has 0 fully saturated rings. The molecule has 2 N–H and O–H groups in total. The van der Waals surface area contributed by atoms with Gasteiger partial charge in [-0.3, -0.25) is 4.79 Å². The van der Waals surface area contributed by atoms with Crippen LogP contribution in [0.1, 0.15) is 6.42 Å². The molecule has 5 nitrogen and oxygen atoms in total. The number of carbonyl (C=O) groups is 1. The van der Waals surface area contributed by atoms with Crippen molar-refractivity contribution < 1.29 is 9.53 Å². The highest BCUT2D eigenvalue weighted by Crippen LogP contribution is 2.26. The zero-order valence-electron chi connectivity index (χ0n) is 9.92. The number of ether oxygens (including phenoxy) is 1. The lowest BCUT2D eigenvalue weighted by Gasteiger charge is -2.04. The van der Waals surface area contributed by atoms with Crippen molar-refractivity contribution in [3.8, 4) is 0 Å². The molecule has 2 aromatic rings. The SMILES string of the molecule is COC(=O)CCSc1ncnc2cc(N)ccc12. The highest BCUT2D eigenvalue weighted by molar-refractivity contribution is 7.99. The van der Waals surface area contributed by atoms with Gasteiger partial charge in [-0.1, -0.05) is 0 Å². The summed E-state index contributed by atoms with van der Waals surface area (Å²) < 4.78 is 4.59. The topological polar surface area (TPSA) is 78.1 Å². The normalized spacial score (nSPS) is 10.5. The summed E-state index contributed by atoms with van der Waals surface area (Å²) >= 11 is 1.51. The fraction of sp³-hybridized carbons (Fsp3) is 0.250. The molecule has 0 spiro atoms. The lowest BCUT2D eigenvalue weighted by Crippen LogP contribution is -2.01. The molecule has 0 unspecified atom stereocenters. The first-order chi connectivity index (χ1) is 8.70. The second-order valence-electron chi connectivity index (χ2n) is 3.63. The molecule has 18 heavy (non-hydrogen) atoms. The Labute approximate surface area is 109 Å². The maximum Gasteiger partial charge on any atom is 0.306 e. The number of thioether (sulfide) groups is 1. The Morgan fingerprint density at radius 3 is 3.06 bits per heavy atom. The predicted molar refractivity (Wildman–Crippen MR) is 71.3 cm³/mol. The molecule has 6 heteroatoms. The van der Waals surface area contributed by atoms with E-state index in [1.165, 1.54) is 25.2 Å². The van der Waals surface area contributed by atoms with E-state index in [0.29, 0.717) is 17.9 Å². The monoisotopic (exact) mass is 263 g/mol. The Morgan fingerprint density at radius 1 is 1.44 bits per heavy atom. The first kappa shape index (κ1) is 12.6. The molecular formula is C12H13N3O2S. The first-order valence-corrected chi connectivity index (χ1v) is 6.39. The maximum atomic E-state index is 11.0. The van der Waals surface area contributed by atoms with Crippen LogP contribution < -0.4 is 5.73 Å². The standard InChI is InChI=1S/C12H13N3O2S/c1-17-11(16)4-5-18-12-9-3-2-8(13)6-10(9)14-7-15-12/h2-3,6-7H,4-5,13H2,1H3. The quantitative estimate of drug-likeness (QED) is 0.392. The number of nitrogens with two attached hydrogens (primary N) is 1. The molecule has 94 valence electrons. The summed E-state index contributed by atoms with van der Waals surface area (Å²) in [5, 5.41) is 1.80. The Balaban J connectivity index is 2.15. The molecule has 0 bridgehead atoms. The summed E-state index contributed by atoms with van der Waals surface area (Å²) in [4.78, 5) is 19.4. The van der Waals surface area contributed by atoms with Crippen LogP contribution in [0.2, 0.25) is 0 Å². The number of aromatic nitrogens is 2. The molecule has 0 radical (unpaired) electrons. The fourth-order valence-corrected chi connectivity index (χ4v) is 2.41. The number of nitrogen functional groups attached to an aromatic ring is 1. The summed E-state index contributed by atoms with van der Waals surface area (Å²) in [6.07, 6.45) is 1.86. The second kappa shape index (κ2) is 5.68. The highest BCUT2D eigenvalue weighted by Gasteiger charge is 2.06. The van der Waals surface area contributed by atoms with Crippen LogP contribution in [0.15, 0.2) is 29.6 Å². The average molecular weight is 263 g/mol. The molecule has 0 atom stereocenters. The van der Waals surface area contributed by atoms with Gasteiger partial charge >= 0.3 is 5.97 Å². The van der Waals surface area contributed by atoms with Gasteiger partial charge in [0, 0.05) is 16.8 Å². The van der Waals surface area contributed by atoms with Gasteiger partial charge in [-0.15, -0.1) is 11.8 Å². The van der Waals surface area contributed by atoms with Crippen LogP contribution in [0.25, 0.3) is 10.9 Å². The second-order valence-corrected chi connectivity index (χ2v) is 4.71. The van der Waals surface area contributed by atoms with Crippen LogP contribution in [0.5, 0.6) is 0 Å². The molecule has 2 rings (SSSR count). The van der Waals surface area contributed by atoms with Gasteiger partial charge in [0.2, 0.25) is 0 Å². The van der Waals surface area contributed by atoms with Crippen LogP contribution in [-0.4, -0.2) is 28.8 Å². The van der Waals surface area contributed by atoms with Gasteiger partial charge in [0.05, 0.1) is 19.0 Å². The van der Waals surface area contributed by atoms with Crippen molar-refractivity contribution in [3.05, 3.63) is 24.5 Å². The highest BCUT2D eigenvalue weighted by atomic mass is 32.2. The predicted octanol–water partition coefficient (Wildman–Crippen LogP) is 1.87. The molecule has 1 aromatic heterocycles.